The molecule has 2 rings (SSSR count). The molecule has 0 aliphatic carbocycles. The van der Waals surface area contributed by atoms with Crippen molar-refractivity contribution in [2.45, 2.75) is 12.5 Å². The number of hydrogen-bond acceptors (Lipinski definition) is 4. The highest BCUT2D eigenvalue weighted by Crippen LogP contribution is 2.32. The molecule has 0 aromatic heterocycles. The maximum atomic E-state index is 13.1. The molecule has 142 valence electrons. The van der Waals surface area contributed by atoms with Gasteiger partial charge >= 0.3 is 24.3 Å². The summed E-state index contributed by atoms with van der Waals surface area (Å²) in [6.45, 7) is 0. The number of carbonyl (C=O) groups is 2. The monoisotopic (exact) mass is 383 g/mol. The lowest BCUT2D eigenvalue weighted by atomic mass is 10.2. The molecule has 2 N–H and O–H groups in total. The van der Waals surface area contributed by atoms with Gasteiger partial charge in [0.2, 0.25) is 0 Å². The molecule has 0 unspecified atom stereocenters. The predicted molar refractivity (Wildman–Crippen MR) is 88.8 cm³/mol. The molecule has 2 aromatic carbocycles. The molecule has 0 radical (unpaired) electrons. The summed E-state index contributed by atoms with van der Waals surface area (Å²) in [5, 5.41) is 5.57. The minimum absolute atomic E-state index is 0.384. The molecule has 0 saturated carbocycles. The zero-order valence-electron chi connectivity index (χ0n) is 13.5. The SMILES string of the molecule is O=C(N/N=C\c1ccccc1)C(=O)Nc1ccccc1OC(F)(F)C(F)F. The number of para-hydroxylation sites is 2. The van der Waals surface area contributed by atoms with Gasteiger partial charge in [-0.3, -0.25) is 9.59 Å². The van der Waals surface area contributed by atoms with Crippen molar-refractivity contribution in [3.05, 3.63) is 60.2 Å². The maximum Gasteiger partial charge on any atom is 0.461 e. The summed E-state index contributed by atoms with van der Waals surface area (Å²) < 4.78 is 54.6. The Morgan fingerprint density at radius 2 is 1.63 bits per heavy atom. The second-order valence-electron chi connectivity index (χ2n) is 5.02. The van der Waals surface area contributed by atoms with Crippen molar-refractivity contribution < 1.29 is 31.9 Å². The molecule has 0 spiro atoms. The first-order chi connectivity index (χ1) is 12.8. The van der Waals surface area contributed by atoms with Crippen LogP contribution in [0.15, 0.2) is 59.7 Å². The molecule has 0 aliphatic heterocycles. The lowest BCUT2D eigenvalue weighted by Crippen LogP contribution is -2.35. The number of anilines is 1. The molecule has 6 nitrogen and oxygen atoms in total. The van der Waals surface area contributed by atoms with Crippen LogP contribution in [-0.2, 0) is 9.59 Å². The first kappa shape index (κ1) is 19.9. The van der Waals surface area contributed by atoms with Gasteiger partial charge in [-0.05, 0) is 17.7 Å². The Kier molecular flexibility index (Phi) is 6.47. The number of nitrogens with zero attached hydrogens (tertiary/aromatic N) is 1. The van der Waals surface area contributed by atoms with E-state index >= 15 is 0 Å². The van der Waals surface area contributed by atoms with Crippen LogP contribution >= 0.6 is 0 Å². The smallest absolute Gasteiger partial charge is 0.426 e. The molecule has 2 amide bonds. The van der Waals surface area contributed by atoms with Gasteiger partial charge in [-0.25, -0.2) is 5.43 Å². The van der Waals surface area contributed by atoms with E-state index in [1.54, 1.807) is 30.3 Å². The molecule has 27 heavy (non-hydrogen) atoms. The van der Waals surface area contributed by atoms with Crippen LogP contribution in [0, 0.1) is 0 Å². The Labute approximate surface area is 150 Å². The molecule has 10 heteroatoms. The normalized spacial score (nSPS) is 11.4. The van der Waals surface area contributed by atoms with Crippen LogP contribution in [0.4, 0.5) is 23.2 Å². The molecule has 2 aromatic rings. The maximum absolute atomic E-state index is 13.1. The van der Waals surface area contributed by atoms with E-state index in [4.69, 9.17) is 0 Å². The van der Waals surface area contributed by atoms with E-state index in [9.17, 15) is 27.2 Å². The third kappa shape index (κ3) is 5.80. The van der Waals surface area contributed by atoms with Gasteiger partial charge in [-0.15, -0.1) is 0 Å². The topological polar surface area (TPSA) is 79.8 Å². The van der Waals surface area contributed by atoms with Crippen molar-refractivity contribution in [1.29, 1.82) is 0 Å². The summed E-state index contributed by atoms with van der Waals surface area (Å²) in [4.78, 5) is 23.5. The quantitative estimate of drug-likeness (QED) is 0.348. The van der Waals surface area contributed by atoms with Gasteiger partial charge in [0.1, 0.15) is 5.75 Å². The van der Waals surface area contributed by atoms with Crippen molar-refractivity contribution in [2.75, 3.05) is 5.32 Å². The molecule has 0 saturated heterocycles. The van der Waals surface area contributed by atoms with Crippen molar-refractivity contribution in [1.82, 2.24) is 5.43 Å². The van der Waals surface area contributed by atoms with Crippen molar-refractivity contribution in [3.8, 4) is 5.75 Å². The first-order valence-electron chi connectivity index (χ1n) is 7.43. The number of nitrogens with one attached hydrogen (secondary N) is 2. The largest absolute Gasteiger partial charge is 0.461 e. The fourth-order valence-corrected chi connectivity index (χ4v) is 1.78. The number of alkyl halides is 4. The summed E-state index contributed by atoms with van der Waals surface area (Å²) >= 11 is 0. The van der Waals surface area contributed by atoms with Crippen LogP contribution in [-0.4, -0.2) is 30.6 Å². The van der Waals surface area contributed by atoms with Gasteiger partial charge in [-0.1, -0.05) is 42.5 Å². The Hall–Kier alpha value is -3.43. The number of carbonyl (C=O) groups excluding carboxylic acids is 2. The van der Waals surface area contributed by atoms with Crippen LogP contribution in [0.1, 0.15) is 5.56 Å². The molecule has 0 aliphatic rings. The van der Waals surface area contributed by atoms with Crippen LogP contribution in [0.5, 0.6) is 5.75 Å². The second-order valence-corrected chi connectivity index (χ2v) is 5.02. The highest BCUT2D eigenvalue weighted by Gasteiger charge is 2.44. The van der Waals surface area contributed by atoms with Gasteiger partial charge in [-0.2, -0.15) is 22.7 Å². The Morgan fingerprint density at radius 3 is 2.30 bits per heavy atom. The van der Waals surface area contributed by atoms with E-state index in [0.717, 1.165) is 12.1 Å². The number of hydrazone groups is 1. The zero-order chi connectivity index (χ0) is 19.9. The molecular formula is C17H13F4N3O3. The third-order valence-electron chi connectivity index (χ3n) is 3.02. The Balaban J connectivity index is 2.01. The van der Waals surface area contributed by atoms with E-state index in [1.165, 1.54) is 18.3 Å². The minimum Gasteiger partial charge on any atom is -0.426 e. The highest BCUT2D eigenvalue weighted by atomic mass is 19.3. The fourth-order valence-electron chi connectivity index (χ4n) is 1.78. The van der Waals surface area contributed by atoms with E-state index in [-0.39, 0.29) is 5.69 Å². The molecule has 0 atom stereocenters. The summed E-state index contributed by atoms with van der Waals surface area (Å²) in [7, 11) is 0. The standard InChI is InChI=1S/C17H13F4N3O3/c18-16(19)17(20,21)27-13-9-5-4-8-12(13)23-14(25)15(26)24-22-10-11-6-2-1-3-7-11/h1-10,16H,(H,23,25)(H,24,26)/b22-10-. The lowest BCUT2D eigenvalue weighted by molar-refractivity contribution is -0.252. The van der Waals surface area contributed by atoms with Crippen LogP contribution in [0.2, 0.25) is 0 Å². The number of amides is 2. The number of benzene rings is 2. The lowest BCUT2D eigenvalue weighted by Gasteiger charge is -2.19. The van der Waals surface area contributed by atoms with E-state index < -0.39 is 30.1 Å². The van der Waals surface area contributed by atoms with Gasteiger partial charge in [0.25, 0.3) is 0 Å². The van der Waals surface area contributed by atoms with E-state index in [1.807, 2.05) is 10.7 Å². The second kappa shape index (κ2) is 8.79. The average Bonchev–Trinajstić information content (AvgIpc) is 2.63. The van der Waals surface area contributed by atoms with Gasteiger partial charge in [0, 0.05) is 0 Å². The predicted octanol–water partition coefficient (Wildman–Crippen LogP) is 3.01. The van der Waals surface area contributed by atoms with E-state index in [0.29, 0.717) is 5.56 Å². The molecule has 0 fully saturated rings. The van der Waals surface area contributed by atoms with Crippen molar-refractivity contribution >= 4 is 23.7 Å². The van der Waals surface area contributed by atoms with Crippen LogP contribution < -0.4 is 15.5 Å². The number of halogens is 4. The van der Waals surface area contributed by atoms with Crippen molar-refractivity contribution in [3.63, 3.8) is 0 Å². The summed E-state index contributed by atoms with van der Waals surface area (Å²) in [5.74, 6) is -3.18. The molecular weight excluding hydrogens is 370 g/mol. The van der Waals surface area contributed by atoms with E-state index in [2.05, 4.69) is 9.84 Å². The number of ether oxygens (including phenoxy) is 1. The minimum atomic E-state index is -4.76. The summed E-state index contributed by atoms with van der Waals surface area (Å²) in [5.41, 5.74) is 2.22. The van der Waals surface area contributed by atoms with Crippen LogP contribution in [0.25, 0.3) is 0 Å². The number of rotatable bonds is 6. The Morgan fingerprint density at radius 1 is 1.00 bits per heavy atom. The molecule has 0 heterocycles. The van der Waals surface area contributed by atoms with Crippen LogP contribution in [0.3, 0.4) is 0 Å². The Bertz CT molecular complexity index is 829. The first-order valence-corrected chi connectivity index (χ1v) is 7.43. The number of hydrogen-bond donors (Lipinski definition) is 2. The average molecular weight is 383 g/mol. The summed E-state index contributed by atoms with van der Waals surface area (Å²) in [6.07, 6.45) is -7.55. The third-order valence-corrected chi connectivity index (χ3v) is 3.02. The summed E-state index contributed by atoms with van der Waals surface area (Å²) in [6, 6.07) is 13.3. The highest BCUT2D eigenvalue weighted by molar-refractivity contribution is 6.39. The fraction of sp³-hybridized carbons (Fsp3) is 0.118. The molecule has 0 bridgehead atoms. The van der Waals surface area contributed by atoms with Gasteiger partial charge < -0.3 is 10.1 Å². The van der Waals surface area contributed by atoms with Gasteiger partial charge in [0.15, 0.2) is 0 Å². The van der Waals surface area contributed by atoms with Crippen molar-refractivity contribution in [2.24, 2.45) is 5.10 Å². The zero-order valence-corrected chi connectivity index (χ0v) is 13.5. The van der Waals surface area contributed by atoms with Gasteiger partial charge in [0.05, 0.1) is 11.9 Å².